The number of halogens is 1. The largest absolute Gasteiger partial charge is 0.478 e. The van der Waals surface area contributed by atoms with Gasteiger partial charge in [-0.1, -0.05) is 23.7 Å². The molecule has 0 radical (unpaired) electrons. The summed E-state index contributed by atoms with van der Waals surface area (Å²) in [5.74, 6) is -0.781. The van der Waals surface area contributed by atoms with E-state index in [0.29, 0.717) is 22.4 Å². The number of fused-ring (bicyclic) bond motifs is 1. The van der Waals surface area contributed by atoms with Crippen molar-refractivity contribution in [1.82, 2.24) is 19.7 Å². The van der Waals surface area contributed by atoms with E-state index in [-0.39, 0.29) is 16.1 Å². The number of benzene rings is 1. The summed E-state index contributed by atoms with van der Waals surface area (Å²) in [7, 11) is 1.69. The van der Waals surface area contributed by atoms with Crippen LogP contribution in [0.3, 0.4) is 0 Å². The van der Waals surface area contributed by atoms with Gasteiger partial charge in [0, 0.05) is 7.05 Å². The third-order valence-electron chi connectivity index (χ3n) is 3.30. The molecule has 0 aliphatic carbocycles. The van der Waals surface area contributed by atoms with E-state index in [9.17, 15) is 9.59 Å². The van der Waals surface area contributed by atoms with E-state index in [1.807, 2.05) is 0 Å². The molecule has 23 heavy (non-hydrogen) atoms. The van der Waals surface area contributed by atoms with Crippen molar-refractivity contribution in [3.63, 3.8) is 0 Å². The van der Waals surface area contributed by atoms with Crippen LogP contribution in [0.15, 0.2) is 29.2 Å². The van der Waals surface area contributed by atoms with Gasteiger partial charge >= 0.3 is 5.97 Å². The summed E-state index contributed by atoms with van der Waals surface area (Å²) >= 11 is 6.07. The van der Waals surface area contributed by atoms with E-state index in [4.69, 9.17) is 16.7 Å². The number of carbonyl (C=O) groups is 1. The maximum absolute atomic E-state index is 11.9. The summed E-state index contributed by atoms with van der Waals surface area (Å²) in [6.45, 7) is 0. The molecule has 0 aliphatic heterocycles. The van der Waals surface area contributed by atoms with Crippen LogP contribution in [-0.4, -0.2) is 30.8 Å². The Kier molecular flexibility index (Phi) is 3.71. The van der Waals surface area contributed by atoms with Gasteiger partial charge in [0.1, 0.15) is 11.2 Å². The van der Waals surface area contributed by atoms with Gasteiger partial charge in [-0.25, -0.2) is 9.78 Å². The van der Waals surface area contributed by atoms with E-state index in [1.165, 1.54) is 16.9 Å². The first-order chi connectivity index (χ1) is 11.0. The molecule has 8 heteroatoms. The van der Waals surface area contributed by atoms with Crippen molar-refractivity contribution in [3.05, 3.63) is 56.7 Å². The van der Waals surface area contributed by atoms with Crippen molar-refractivity contribution < 1.29 is 9.90 Å². The SMILES string of the molecule is Cn1ncc2c(=O)[nH]c(/C=C/c3cccc(C(=O)O)c3Cl)nc21. The lowest BCUT2D eigenvalue weighted by Crippen LogP contribution is -2.09. The molecule has 0 fully saturated rings. The summed E-state index contributed by atoms with van der Waals surface area (Å²) in [5.41, 5.74) is 0.684. The van der Waals surface area contributed by atoms with E-state index < -0.39 is 5.97 Å². The van der Waals surface area contributed by atoms with Gasteiger partial charge in [-0.15, -0.1) is 0 Å². The molecule has 0 atom stereocenters. The normalized spacial score (nSPS) is 11.4. The summed E-state index contributed by atoms with van der Waals surface area (Å²) in [4.78, 5) is 29.9. The molecule has 1 aromatic carbocycles. The summed E-state index contributed by atoms with van der Waals surface area (Å²) in [6, 6.07) is 4.69. The Labute approximate surface area is 134 Å². The molecule has 0 saturated heterocycles. The van der Waals surface area contributed by atoms with Gasteiger partial charge in [0.25, 0.3) is 5.56 Å². The second-order valence-electron chi connectivity index (χ2n) is 4.80. The molecule has 0 bridgehead atoms. The molecule has 0 aliphatic rings. The van der Waals surface area contributed by atoms with Crippen LogP contribution in [0.25, 0.3) is 23.2 Å². The smallest absolute Gasteiger partial charge is 0.337 e. The van der Waals surface area contributed by atoms with Crippen LogP contribution in [0, 0.1) is 0 Å². The summed E-state index contributed by atoms with van der Waals surface area (Å²) in [6.07, 6.45) is 4.60. The number of carboxylic acids is 1. The van der Waals surface area contributed by atoms with Crippen LogP contribution < -0.4 is 5.56 Å². The van der Waals surface area contributed by atoms with Crippen LogP contribution >= 0.6 is 11.6 Å². The second-order valence-corrected chi connectivity index (χ2v) is 5.18. The average Bonchev–Trinajstić information content (AvgIpc) is 2.88. The molecule has 0 spiro atoms. The topological polar surface area (TPSA) is 101 Å². The molecule has 2 heterocycles. The van der Waals surface area contributed by atoms with Gasteiger partial charge < -0.3 is 10.1 Å². The van der Waals surface area contributed by atoms with E-state index in [2.05, 4.69) is 15.1 Å². The number of carboxylic acid groups (broad SMARTS) is 1. The number of nitrogens with zero attached hydrogens (tertiary/aromatic N) is 3. The quantitative estimate of drug-likeness (QED) is 0.766. The van der Waals surface area contributed by atoms with Crippen molar-refractivity contribution in [1.29, 1.82) is 0 Å². The zero-order chi connectivity index (χ0) is 16.6. The Morgan fingerprint density at radius 1 is 1.39 bits per heavy atom. The second kappa shape index (κ2) is 5.69. The number of rotatable bonds is 3. The minimum absolute atomic E-state index is 0.0114. The first kappa shape index (κ1) is 15.0. The molecule has 116 valence electrons. The van der Waals surface area contributed by atoms with Crippen molar-refractivity contribution in [2.75, 3.05) is 0 Å². The van der Waals surface area contributed by atoms with E-state index in [0.717, 1.165) is 0 Å². The third kappa shape index (κ3) is 2.74. The van der Waals surface area contributed by atoms with Crippen LogP contribution in [0.5, 0.6) is 0 Å². The lowest BCUT2D eigenvalue weighted by molar-refractivity contribution is 0.0697. The lowest BCUT2D eigenvalue weighted by atomic mass is 10.1. The zero-order valence-electron chi connectivity index (χ0n) is 11.9. The Bertz CT molecular complexity index is 1000. The highest BCUT2D eigenvalue weighted by atomic mass is 35.5. The predicted octanol–water partition coefficient (Wildman–Crippen LogP) is 2.18. The van der Waals surface area contributed by atoms with Gasteiger partial charge in [0.05, 0.1) is 16.8 Å². The highest BCUT2D eigenvalue weighted by molar-refractivity contribution is 6.35. The zero-order valence-corrected chi connectivity index (χ0v) is 12.7. The van der Waals surface area contributed by atoms with Crippen LogP contribution in [-0.2, 0) is 7.05 Å². The number of aromatic amines is 1. The Hall–Kier alpha value is -2.93. The van der Waals surface area contributed by atoms with Crippen molar-refractivity contribution in [2.45, 2.75) is 0 Å². The van der Waals surface area contributed by atoms with Crippen molar-refractivity contribution >= 4 is 40.8 Å². The van der Waals surface area contributed by atoms with Gasteiger partial charge in [-0.05, 0) is 23.8 Å². The van der Waals surface area contributed by atoms with Gasteiger partial charge in [-0.3, -0.25) is 9.48 Å². The number of aromatic carboxylic acids is 1. The molecule has 0 saturated carbocycles. The fraction of sp³-hybridized carbons (Fsp3) is 0.0667. The molecule has 2 N–H and O–H groups in total. The molecular formula is C15H11ClN4O3. The minimum Gasteiger partial charge on any atom is -0.478 e. The molecular weight excluding hydrogens is 320 g/mol. The number of hydrogen-bond donors (Lipinski definition) is 2. The lowest BCUT2D eigenvalue weighted by Gasteiger charge is -2.02. The van der Waals surface area contributed by atoms with Crippen molar-refractivity contribution in [2.24, 2.45) is 7.05 Å². The van der Waals surface area contributed by atoms with Gasteiger partial charge in [0.15, 0.2) is 5.65 Å². The fourth-order valence-electron chi connectivity index (χ4n) is 2.14. The van der Waals surface area contributed by atoms with Crippen LogP contribution in [0.4, 0.5) is 0 Å². The molecule has 7 nitrogen and oxygen atoms in total. The number of hydrogen-bond acceptors (Lipinski definition) is 4. The van der Waals surface area contributed by atoms with Crippen LogP contribution in [0.2, 0.25) is 5.02 Å². The Balaban J connectivity index is 2.04. The Morgan fingerprint density at radius 2 is 2.17 bits per heavy atom. The van der Waals surface area contributed by atoms with Crippen LogP contribution in [0.1, 0.15) is 21.7 Å². The molecule has 3 rings (SSSR count). The van der Waals surface area contributed by atoms with Gasteiger partial charge in [0.2, 0.25) is 0 Å². The highest BCUT2D eigenvalue weighted by Crippen LogP contribution is 2.23. The van der Waals surface area contributed by atoms with Crippen molar-refractivity contribution in [3.8, 4) is 0 Å². The molecule has 3 aromatic rings. The van der Waals surface area contributed by atoms with E-state index >= 15 is 0 Å². The third-order valence-corrected chi connectivity index (χ3v) is 3.72. The summed E-state index contributed by atoms with van der Waals surface area (Å²) < 4.78 is 1.50. The number of nitrogens with one attached hydrogen (secondary N) is 1. The first-order valence-electron chi connectivity index (χ1n) is 6.59. The number of aryl methyl sites for hydroxylation is 1. The maximum Gasteiger partial charge on any atom is 0.337 e. The number of H-pyrrole nitrogens is 1. The Morgan fingerprint density at radius 3 is 2.91 bits per heavy atom. The molecule has 0 amide bonds. The van der Waals surface area contributed by atoms with E-state index in [1.54, 1.807) is 31.3 Å². The minimum atomic E-state index is -1.10. The first-order valence-corrected chi connectivity index (χ1v) is 6.97. The highest BCUT2D eigenvalue weighted by Gasteiger charge is 2.11. The maximum atomic E-state index is 11.9. The fourth-order valence-corrected chi connectivity index (χ4v) is 2.41. The standard InChI is InChI=1S/C15H11ClN4O3/c1-20-13-10(7-17-20)14(21)19-11(18-13)6-5-8-3-2-4-9(12(8)16)15(22)23/h2-7H,1H3,(H,22,23)(H,18,19,21)/b6-5+. The van der Waals surface area contributed by atoms with Gasteiger partial charge in [-0.2, -0.15) is 5.10 Å². The molecule has 2 aromatic heterocycles. The number of aromatic nitrogens is 4. The molecule has 0 unspecified atom stereocenters. The average molecular weight is 331 g/mol. The predicted molar refractivity (Wildman–Crippen MR) is 86.5 cm³/mol. The monoisotopic (exact) mass is 330 g/mol. The summed E-state index contributed by atoms with van der Waals surface area (Å²) in [5, 5.41) is 13.6.